The molecule has 0 aliphatic carbocycles. The fraction of sp³-hybridized carbons (Fsp3) is 0.923. The van der Waals surface area contributed by atoms with E-state index in [1.54, 1.807) is 0 Å². The molecule has 3 nitrogen and oxygen atoms in total. The van der Waals surface area contributed by atoms with Gasteiger partial charge in [0.2, 0.25) is 0 Å². The van der Waals surface area contributed by atoms with Crippen molar-refractivity contribution >= 4 is 0 Å². The van der Waals surface area contributed by atoms with Crippen LogP contribution in [0.5, 0.6) is 0 Å². The zero-order chi connectivity index (χ0) is 11.8. The van der Waals surface area contributed by atoms with E-state index < -0.39 is 0 Å². The van der Waals surface area contributed by atoms with Crippen molar-refractivity contribution in [3.05, 3.63) is 0 Å². The lowest BCUT2D eigenvalue weighted by molar-refractivity contribution is 0.212. The molecule has 0 amide bonds. The maximum absolute atomic E-state index is 8.62. The average molecular weight is 223 g/mol. The fourth-order valence-electron chi connectivity index (χ4n) is 2.31. The highest BCUT2D eigenvalue weighted by Gasteiger charge is 2.18. The van der Waals surface area contributed by atoms with E-state index in [2.05, 4.69) is 30.1 Å². The summed E-state index contributed by atoms with van der Waals surface area (Å²) in [5, 5.41) is 12.3. The van der Waals surface area contributed by atoms with Crippen molar-refractivity contribution in [3.63, 3.8) is 0 Å². The first-order valence-corrected chi connectivity index (χ1v) is 6.62. The highest BCUT2D eigenvalue weighted by molar-refractivity contribution is 4.83. The normalized spacial score (nSPS) is 18.9. The minimum atomic E-state index is 0.596. The molecule has 1 aliphatic heterocycles. The molecule has 3 heteroatoms. The number of nitrogens with one attached hydrogen (secondary N) is 1. The van der Waals surface area contributed by atoms with E-state index in [0.717, 1.165) is 25.6 Å². The Bertz CT molecular complexity index is 210. The van der Waals surface area contributed by atoms with Crippen molar-refractivity contribution in [3.8, 4) is 6.07 Å². The minimum Gasteiger partial charge on any atom is -0.314 e. The molecule has 1 saturated heterocycles. The van der Waals surface area contributed by atoms with Crippen molar-refractivity contribution < 1.29 is 0 Å². The van der Waals surface area contributed by atoms with E-state index in [4.69, 9.17) is 5.26 Å². The predicted molar refractivity (Wildman–Crippen MR) is 67.1 cm³/mol. The zero-order valence-electron chi connectivity index (χ0n) is 10.7. The van der Waals surface area contributed by atoms with Crippen LogP contribution in [0.1, 0.15) is 39.5 Å². The molecule has 0 aromatic heterocycles. The van der Waals surface area contributed by atoms with E-state index >= 15 is 0 Å². The number of piperidine rings is 1. The first kappa shape index (κ1) is 13.5. The number of hydrogen-bond donors (Lipinski definition) is 1. The second-order valence-electron chi connectivity index (χ2n) is 4.80. The molecule has 0 spiro atoms. The lowest BCUT2D eigenvalue weighted by atomic mass is 10.0. The average Bonchev–Trinajstić information content (AvgIpc) is 2.33. The van der Waals surface area contributed by atoms with Crippen LogP contribution in [-0.2, 0) is 0 Å². The zero-order valence-corrected chi connectivity index (χ0v) is 10.7. The third-order valence-corrected chi connectivity index (χ3v) is 3.73. The maximum Gasteiger partial charge on any atom is 0.0866 e. The highest BCUT2D eigenvalue weighted by atomic mass is 15.1. The van der Waals surface area contributed by atoms with Crippen molar-refractivity contribution in [1.29, 1.82) is 5.26 Å². The van der Waals surface area contributed by atoms with E-state index in [1.165, 1.54) is 25.7 Å². The second-order valence-corrected chi connectivity index (χ2v) is 4.80. The van der Waals surface area contributed by atoms with Crippen molar-refractivity contribution in [2.24, 2.45) is 5.92 Å². The summed E-state index contributed by atoms with van der Waals surface area (Å²) in [5.74, 6) is 0.831. The van der Waals surface area contributed by atoms with Gasteiger partial charge in [-0.05, 0) is 25.3 Å². The highest BCUT2D eigenvalue weighted by Crippen LogP contribution is 2.12. The lowest BCUT2D eigenvalue weighted by Crippen LogP contribution is -2.43. The van der Waals surface area contributed by atoms with Gasteiger partial charge in [-0.15, -0.1) is 0 Å². The molecular formula is C13H25N3. The second kappa shape index (κ2) is 7.65. The van der Waals surface area contributed by atoms with Crippen molar-refractivity contribution in [2.75, 3.05) is 26.2 Å². The summed E-state index contributed by atoms with van der Waals surface area (Å²) in [6.45, 7) is 8.45. The van der Waals surface area contributed by atoms with E-state index in [-0.39, 0.29) is 0 Å². The van der Waals surface area contributed by atoms with Gasteiger partial charge in [-0.2, -0.15) is 5.26 Å². The van der Waals surface area contributed by atoms with Gasteiger partial charge >= 0.3 is 0 Å². The number of nitrogens with zero attached hydrogens (tertiary/aromatic N) is 2. The van der Waals surface area contributed by atoms with Crippen LogP contribution in [0.15, 0.2) is 0 Å². The Balaban J connectivity index is 2.15. The Hall–Kier alpha value is -0.590. The summed E-state index contributed by atoms with van der Waals surface area (Å²) in [7, 11) is 0. The molecule has 0 unspecified atom stereocenters. The number of nitriles is 1. The van der Waals surface area contributed by atoms with Gasteiger partial charge in [0.05, 0.1) is 12.6 Å². The van der Waals surface area contributed by atoms with Crippen LogP contribution in [0.4, 0.5) is 0 Å². The largest absolute Gasteiger partial charge is 0.314 e. The molecule has 92 valence electrons. The van der Waals surface area contributed by atoms with Gasteiger partial charge in [-0.3, -0.25) is 4.90 Å². The smallest absolute Gasteiger partial charge is 0.0866 e. The van der Waals surface area contributed by atoms with Gasteiger partial charge in [0.25, 0.3) is 0 Å². The van der Waals surface area contributed by atoms with Crippen LogP contribution >= 0.6 is 0 Å². The molecule has 1 fully saturated rings. The van der Waals surface area contributed by atoms with Crippen LogP contribution in [0, 0.1) is 17.2 Å². The Morgan fingerprint density at radius 3 is 2.44 bits per heavy atom. The summed E-state index contributed by atoms with van der Waals surface area (Å²) in [6.07, 6.45) is 4.94. The maximum atomic E-state index is 8.62. The molecule has 1 N–H and O–H groups in total. The van der Waals surface area contributed by atoms with Crippen LogP contribution in [0.2, 0.25) is 0 Å². The van der Waals surface area contributed by atoms with Crippen LogP contribution in [0.3, 0.4) is 0 Å². The van der Waals surface area contributed by atoms with Gasteiger partial charge in [0.15, 0.2) is 0 Å². The lowest BCUT2D eigenvalue weighted by Gasteiger charge is -2.31. The molecule has 0 atom stereocenters. The summed E-state index contributed by atoms with van der Waals surface area (Å²) >= 11 is 0. The third-order valence-electron chi connectivity index (χ3n) is 3.73. The molecule has 16 heavy (non-hydrogen) atoms. The van der Waals surface area contributed by atoms with Crippen LogP contribution in [-0.4, -0.2) is 37.1 Å². The molecular weight excluding hydrogens is 198 g/mol. The van der Waals surface area contributed by atoms with Crippen molar-refractivity contribution in [1.82, 2.24) is 10.2 Å². The molecule has 1 heterocycles. The summed E-state index contributed by atoms with van der Waals surface area (Å²) in [5.41, 5.74) is 0. The molecule has 0 aromatic rings. The van der Waals surface area contributed by atoms with Crippen LogP contribution < -0.4 is 5.32 Å². The van der Waals surface area contributed by atoms with Gasteiger partial charge in [0.1, 0.15) is 0 Å². The molecule has 1 rings (SSSR count). The minimum absolute atomic E-state index is 0.596. The predicted octanol–water partition coefficient (Wildman–Crippen LogP) is 2.00. The molecule has 0 saturated carbocycles. The Labute approximate surface area is 99.8 Å². The Morgan fingerprint density at radius 2 is 1.94 bits per heavy atom. The summed E-state index contributed by atoms with van der Waals surface area (Å²) in [6, 6.07) is 2.90. The number of rotatable bonds is 6. The van der Waals surface area contributed by atoms with Crippen LogP contribution in [0.25, 0.3) is 0 Å². The van der Waals surface area contributed by atoms with Gasteiger partial charge < -0.3 is 5.32 Å². The number of hydrogen-bond acceptors (Lipinski definition) is 3. The quantitative estimate of drug-likeness (QED) is 0.700. The Morgan fingerprint density at radius 1 is 1.31 bits per heavy atom. The topological polar surface area (TPSA) is 39.1 Å². The standard InChI is InChI=1S/C13H25N3/c1-3-12(4-2)11-15-13-5-8-16(9-6-13)10-7-14/h12-13,15H,3-6,8-11H2,1-2H3. The molecule has 0 aromatic carbocycles. The molecule has 0 bridgehead atoms. The van der Waals surface area contributed by atoms with Gasteiger partial charge in [-0.25, -0.2) is 0 Å². The molecule has 1 aliphatic rings. The SMILES string of the molecule is CCC(CC)CNC1CCN(CC#N)CC1. The van der Waals surface area contributed by atoms with Gasteiger partial charge in [-0.1, -0.05) is 26.7 Å². The first-order chi connectivity index (χ1) is 7.80. The third kappa shape index (κ3) is 4.51. The van der Waals surface area contributed by atoms with E-state index in [0.29, 0.717) is 12.6 Å². The Kier molecular flexibility index (Phi) is 6.44. The fourth-order valence-corrected chi connectivity index (χ4v) is 2.31. The first-order valence-electron chi connectivity index (χ1n) is 6.62. The van der Waals surface area contributed by atoms with Gasteiger partial charge in [0, 0.05) is 19.1 Å². The van der Waals surface area contributed by atoms with E-state index in [9.17, 15) is 0 Å². The van der Waals surface area contributed by atoms with Crippen molar-refractivity contribution in [2.45, 2.75) is 45.6 Å². The summed E-state index contributed by atoms with van der Waals surface area (Å²) < 4.78 is 0. The molecule has 0 radical (unpaired) electrons. The number of likely N-dealkylation sites (tertiary alicyclic amines) is 1. The summed E-state index contributed by atoms with van der Waals surface area (Å²) in [4.78, 5) is 2.25. The monoisotopic (exact) mass is 223 g/mol. The van der Waals surface area contributed by atoms with E-state index in [1.807, 2.05) is 0 Å².